The summed E-state index contributed by atoms with van der Waals surface area (Å²) >= 11 is 0. The van der Waals surface area contributed by atoms with E-state index in [4.69, 9.17) is 51.6 Å². The Hall–Kier alpha value is -8.75. The molecule has 72 heavy (non-hydrogen) atoms. The quantitative estimate of drug-likeness (QED) is 0.0157. The van der Waals surface area contributed by atoms with Crippen molar-refractivity contribution in [3.05, 3.63) is 0 Å². The van der Waals surface area contributed by atoms with Crippen molar-refractivity contribution < 1.29 is 52.7 Å². The fourth-order valence-electron chi connectivity index (χ4n) is 5.64. The van der Waals surface area contributed by atoms with Crippen molar-refractivity contribution in [3.63, 3.8) is 0 Å². The van der Waals surface area contributed by atoms with Gasteiger partial charge in [0.2, 0.25) is 65.0 Å². The van der Waals surface area contributed by atoms with E-state index < -0.39 is 128 Å². The summed E-state index contributed by atoms with van der Waals surface area (Å²) in [5.74, 6) is -9.65. The molecule has 0 saturated heterocycles. The molecule has 0 saturated carbocycles. The van der Waals surface area contributed by atoms with Gasteiger partial charge in [0.25, 0.3) is 0 Å². The van der Waals surface area contributed by atoms with Crippen molar-refractivity contribution in [1.82, 2.24) is 53.2 Å². The Morgan fingerprint density at radius 3 is 0.889 bits per heavy atom. The summed E-state index contributed by atoms with van der Waals surface area (Å²) in [6.07, 6.45) is 0.328. The van der Waals surface area contributed by atoms with Gasteiger partial charge in [-0.15, -0.1) is 0 Å². The number of hydrogen-bond acceptors (Lipinski definition) is 15. The molecule has 0 aromatic carbocycles. The summed E-state index contributed by atoms with van der Waals surface area (Å²) in [6.45, 7) is -2.09. The van der Waals surface area contributed by atoms with Crippen molar-refractivity contribution in [3.8, 4) is 0 Å². The van der Waals surface area contributed by atoms with E-state index in [-0.39, 0.29) is 101 Å². The molecule has 0 rings (SSSR count). The molecule has 0 unspecified atom stereocenters. The highest BCUT2D eigenvalue weighted by atomic mass is 16.2. The third-order valence-electron chi connectivity index (χ3n) is 9.05. The number of guanidine groups is 4. The lowest BCUT2D eigenvalue weighted by Crippen LogP contribution is -2.57. The molecule has 0 heterocycles. The summed E-state index contributed by atoms with van der Waals surface area (Å²) in [5.41, 5.74) is 48.2. The number of nitrogens with two attached hydrogens (primary N) is 9. The molecule has 0 aromatic rings. The first-order valence-corrected chi connectivity index (χ1v) is 22.2. The molecular weight excluding hydrogens is 955 g/mol. The molecule has 0 fully saturated rings. The van der Waals surface area contributed by atoms with Gasteiger partial charge in [0, 0.05) is 33.1 Å². The molecule has 34 nitrogen and oxygen atoms in total. The fraction of sp³-hybridized carbons (Fsp3) is 0.605. The lowest BCUT2D eigenvalue weighted by atomic mass is 10.1. The highest BCUT2D eigenvalue weighted by molar-refractivity contribution is 5.96. The summed E-state index contributed by atoms with van der Waals surface area (Å²) in [5, 5.41) is 23.7. The number of hydrogen-bond donors (Lipinski definition) is 19. The maximum Gasteiger partial charge on any atom is 0.243 e. The van der Waals surface area contributed by atoms with Gasteiger partial charge in [0.15, 0.2) is 23.8 Å². The average molecular weight is 1030 g/mol. The minimum atomic E-state index is -1.38. The van der Waals surface area contributed by atoms with Crippen LogP contribution < -0.4 is 105 Å². The van der Waals surface area contributed by atoms with Crippen LogP contribution in [0.25, 0.3) is 0 Å². The Morgan fingerprint density at radius 2 is 0.597 bits per heavy atom. The van der Waals surface area contributed by atoms with Gasteiger partial charge in [-0.05, 0) is 51.4 Å². The number of nitrogens with one attached hydrogen (secondary N) is 10. The van der Waals surface area contributed by atoms with E-state index in [0.29, 0.717) is 0 Å². The predicted molar refractivity (Wildman–Crippen MR) is 260 cm³/mol. The minimum Gasteiger partial charge on any atom is -0.370 e. The highest BCUT2D eigenvalue weighted by Gasteiger charge is 2.29. The Labute approximate surface area is 413 Å². The largest absolute Gasteiger partial charge is 0.370 e. The van der Waals surface area contributed by atoms with E-state index in [2.05, 4.69) is 73.1 Å². The topological polar surface area (TPSA) is 592 Å². The number of carbonyl (C=O) groups excluding carboxylic acids is 11. The van der Waals surface area contributed by atoms with Crippen LogP contribution in [0.2, 0.25) is 0 Å². The molecule has 0 bridgehead atoms. The Balaban J connectivity index is 6.17. The molecular formula is C38H71N23O11. The number of aliphatic imine (C=N–C) groups is 4. The first kappa shape index (κ1) is 63.2. The summed E-state index contributed by atoms with van der Waals surface area (Å²) in [6, 6.07) is -5.32. The molecule has 0 aliphatic heterocycles. The second-order valence-electron chi connectivity index (χ2n) is 15.3. The van der Waals surface area contributed by atoms with E-state index in [1.165, 1.54) is 6.92 Å². The normalized spacial score (nSPS) is 11.9. The lowest BCUT2D eigenvalue weighted by molar-refractivity contribution is -0.134. The van der Waals surface area contributed by atoms with Crippen LogP contribution >= 0.6 is 0 Å². The Kier molecular flexibility index (Phi) is 31.9. The summed E-state index contributed by atoms with van der Waals surface area (Å²) < 4.78 is 0. The lowest BCUT2D eigenvalue weighted by Gasteiger charge is -2.24. The SMILES string of the molecule is CC(=O)NCC(=O)N[C@@H](CCCN=C(N)N)C(=O)N[C@@H](CCCN=C(N)N)C(=O)NCC(=O)N[C@@H](CCCN=C(N)N)C(=O)N[C@@H](CCCN=C(N)N)C(=O)NCC(=O)NCC(=O)NCC(=O)NCC(N)=O. The van der Waals surface area contributed by atoms with Crippen LogP contribution in [0.1, 0.15) is 58.3 Å². The van der Waals surface area contributed by atoms with Gasteiger partial charge in [0.1, 0.15) is 24.2 Å². The monoisotopic (exact) mass is 1030 g/mol. The van der Waals surface area contributed by atoms with E-state index >= 15 is 0 Å². The van der Waals surface area contributed by atoms with Gasteiger partial charge in [0.05, 0.1) is 39.3 Å². The van der Waals surface area contributed by atoms with Crippen LogP contribution in [0.5, 0.6) is 0 Å². The third-order valence-corrected chi connectivity index (χ3v) is 9.05. The molecule has 0 aromatic heterocycles. The number of primary amides is 1. The van der Waals surface area contributed by atoms with E-state index in [9.17, 15) is 52.7 Å². The van der Waals surface area contributed by atoms with E-state index in [1.54, 1.807) is 0 Å². The van der Waals surface area contributed by atoms with Gasteiger partial charge >= 0.3 is 0 Å². The zero-order valence-corrected chi connectivity index (χ0v) is 40.0. The Morgan fingerprint density at radius 1 is 0.333 bits per heavy atom. The minimum absolute atomic E-state index is 0.00723. The molecule has 34 heteroatoms. The molecule has 0 aliphatic rings. The van der Waals surface area contributed by atoms with Crippen LogP contribution in [0.4, 0.5) is 0 Å². The van der Waals surface area contributed by atoms with Crippen LogP contribution in [0.15, 0.2) is 20.0 Å². The third kappa shape index (κ3) is 33.7. The molecule has 0 spiro atoms. The van der Waals surface area contributed by atoms with Crippen LogP contribution in [-0.4, -0.2) is 178 Å². The molecule has 0 aliphatic carbocycles. The van der Waals surface area contributed by atoms with Crippen molar-refractivity contribution in [2.24, 2.45) is 71.6 Å². The van der Waals surface area contributed by atoms with Gasteiger partial charge in [-0.3, -0.25) is 72.7 Å². The van der Waals surface area contributed by atoms with Crippen molar-refractivity contribution in [2.45, 2.75) is 82.5 Å². The average Bonchev–Trinajstić information content (AvgIpc) is 3.30. The van der Waals surface area contributed by atoms with Crippen LogP contribution in [-0.2, 0) is 52.7 Å². The molecule has 11 amide bonds. The number of amides is 11. The Bertz CT molecular complexity index is 1980. The first-order chi connectivity index (χ1) is 33.9. The summed E-state index contributed by atoms with van der Waals surface area (Å²) in [7, 11) is 0. The predicted octanol–water partition coefficient (Wildman–Crippen LogP) is -11.7. The molecule has 4 atom stereocenters. The summed E-state index contributed by atoms with van der Waals surface area (Å²) in [4.78, 5) is 154. The smallest absolute Gasteiger partial charge is 0.243 e. The van der Waals surface area contributed by atoms with E-state index in [0.717, 1.165) is 0 Å². The zero-order valence-electron chi connectivity index (χ0n) is 40.0. The van der Waals surface area contributed by atoms with Crippen molar-refractivity contribution in [2.75, 3.05) is 65.4 Å². The standard InChI is InChI=1S/C38H71N23O11/c1-20(62)52-18-29(67)58-23(8-4-12-50-37(44)45)33(71)61-22(7-3-11-49-36(42)43)32(70)57-19-30(68)59-24(9-5-13-51-38(46)47)34(72)60-21(6-2-10-48-35(40)41)31(69)56-17-28(66)55-16-27(65)54-15-26(64)53-14-25(39)63/h21-24H,2-19H2,1H3,(H2,39,63)(H,52,62)(H,53,64)(H,54,65)(H,55,66)(H,56,69)(H,57,70)(H,58,67)(H,59,68)(H,60,72)(H,61,71)(H4,40,41,48)(H4,42,43,49)(H4,44,45,50)(H4,46,47,51)/t21-,22-,23-,24-/m0/s1. The van der Waals surface area contributed by atoms with Crippen molar-refractivity contribution >= 4 is 88.8 Å². The highest BCUT2D eigenvalue weighted by Crippen LogP contribution is 2.06. The maximum atomic E-state index is 13.8. The maximum absolute atomic E-state index is 13.8. The van der Waals surface area contributed by atoms with Gasteiger partial charge in [-0.2, -0.15) is 0 Å². The number of rotatable bonds is 36. The molecule has 28 N–H and O–H groups in total. The van der Waals surface area contributed by atoms with E-state index in [1.807, 2.05) is 0 Å². The van der Waals surface area contributed by atoms with Gasteiger partial charge in [-0.25, -0.2) is 0 Å². The first-order valence-electron chi connectivity index (χ1n) is 22.2. The van der Waals surface area contributed by atoms with Crippen molar-refractivity contribution in [1.29, 1.82) is 0 Å². The van der Waals surface area contributed by atoms with Crippen LogP contribution in [0, 0.1) is 0 Å². The molecule has 0 radical (unpaired) electrons. The fourth-order valence-corrected chi connectivity index (χ4v) is 5.64. The number of carbonyl (C=O) groups is 11. The second kappa shape index (κ2) is 36.3. The number of nitrogens with zero attached hydrogens (tertiary/aromatic N) is 4. The van der Waals surface area contributed by atoms with Gasteiger partial charge in [-0.1, -0.05) is 0 Å². The van der Waals surface area contributed by atoms with Gasteiger partial charge < -0.3 is 105 Å². The van der Waals surface area contributed by atoms with Crippen LogP contribution in [0.3, 0.4) is 0 Å². The molecule has 404 valence electrons. The zero-order chi connectivity index (χ0) is 54.6. The second-order valence-corrected chi connectivity index (χ2v) is 15.3.